The number of hydrogen-bond acceptors (Lipinski definition) is 5. The second-order valence-corrected chi connectivity index (χ2v) is 9.22. The van der Waals surface area contributed by atoms with Gasteiger partial charge in [-0.2, -0.15) is 0 Å². The van der Waals surface area contributed by atoms with Crippen molar-refractivity contribution >= 4 is 23.2 Å². The Morgan fingerprint density at radius 1 is 1.38 bits per heavy atom. The topological polar surface area (TPSA) is 76.7 Å². The normalized spacial score (nSPS) is 29.7. The van der Waals surface area contributed by atoms with Gasteiger partial charge in [0.15, 0.2) is 5.72 Å². The number of carbonyl (C=O) groups excluding carboxylic acids is 2. The van der Waals surface area contributed by atoms with Gasteiger partial charge in [-0.3, -0.25) is 9.59 Å². The van der Waals surface area contributed by atoms with E-state index in [0.717, 1.165) is 24.1 Å². The smallest absolute Gasteiger partial charge is 0.258 e. The van der Waals surface area contributed by atoms with Crippen molar-refractivity contribution in [2.75, 3.05) is 7.11 Å². The van der Waals surface area contributed by atoms with E-state index in [1.807, 2.05) is 17.5 Å². The number of ether oxygens (including phenoxy) is 2. The average molecular weight is 413 g/mol. The molecule has 1 spiro atoms. The fourth-order valence-electron chi connectivity index (χ4n) is 5.16. The van der Waals surface area contributed by atoms with Crippen LogP contribution in [0.4, 0.5) is 0 Å². The van der Waals surface area contributed by atoms with Gasteiger partial charge in [0.25, 0.3) is 5.91 Å². The molecule has 29 heavy (non-hydrogen) atoms. The van der Waals surface area contributed by atoms with Crippen LogP contribution in [-0.4, -0.2) is 24.6 Å². The van der Waals surface area contributed by atoms with Crippen LogP contribution in [0.1, 0.15) is 40.9 Å². The Kier molecular flexibility index (Phi) is 4.50. The monoisotopic (exact) mass is 412 g/mol. The van der Waals surface area contributed by atoms with Crippen molar-refractivity contribution in [3.63, 3.8) is 0 Å². The van der Waals surface area contributed by atoms with E-state index in [4.69, 9.17) is 9.47 Å². The number of amides is 2. The first-order valence-corrected chi connectivity index (χ1v) is 11.0. The minimum atomic E-state index is -0.718. The molecule has 0 unspecified atom stereocenters. The van der Waals surface area contributed by atoms with Crippen molar-refractivity contribution in [2.45, 2.75) is 38.0 Å². The quantitative estimate of drug-likeness (QED) is 0.808. The fourth-order valence-corrected chi connectivity index (χ4v) is 5.80. The summed E-state index contributed by atoms with van der Waals surface area (Å²) in [6.07, 6.45) is 3.35. The summed E-state index contributed by atoms with van der Waals surface area (Å²) in [6, 6.07) is 9.31. The van der Waals surface area contributed by atoms with E-state index in [2.05, 4.69) is 10.6 Å². The van der Waals surface area contributed by atoms with Gasteiger partial charge in [0.05, 0.1) is 19.2 Å². The molecule has 3 aliphatic carbocycles. The van der Waals surface area contributed by atoms with Gasteiger partial charge < -0.3 is 20.1 Å². The molecule has 1 aliphatic heterocycles. The molecule has 0 saturated heterocycles. The molecule has 2 N–H and O–H groups in total. The Bertz CT molecular complexity index is 944. The zero-order valence-electron chi connectivity index (χ0n) is 16.3. The van der Waals surface area contributed by atoms with Crippen molar-refractivity contribution in [2.24, 2.45) is 17.8 Å². The molecule has 4 aliphatic rings. The van der Waals surface area contributed by atoms with Gasteiger partial charge in [0.2, 0.25) is 5.91 Å². The molecule has 3 fully saturated rings. The number of hydrogen-bond donors (Lipinski definition) is 2. The Balaban J connectivity index is 1.33. The van der Waals surface area contributed by atoms with Crippen molar-refractivity contribution in [1.29, 1.82) is 0 Å². The standard InChI is InChI=1S/C22H24N2O4S/c1-27-15-6-7-17-19(10-15)28-22(24-21(17)26)11-13-4-5-14(22)9-18(13)20(25)23-12-16-3-2-8-29-16/h2-3,6-8,10,13-14,18H,4-5,9,11-12H2,1H3,(H,23,25)(H,24,26)/t13-,14-,18+,22-/m1/s1. The highest BCUT2D eigenvalue weighted by Crippen LogP contribution is 2.52. The van der Waals surface area contributed by atoms with Gasteiger partial charge in [-0.1, -0.05) is 6.07 Å². The van der Waals surface area contributed by atoms with E-state index >= 15 is 0 Å². The van der Waals surface area contributed by atoms with Crippen LogP contribution in [0.5, 0.6) is 11.5 Å². The van der Waals surface area contributed by atoms with Crippen LogP contribution in [-0.2, 0) is 11.3 Å². The van der Waals surface area contributed by atoms with Crippen LogP contribution in [0.3, 0.4) is 0 Å². The van der Waals surface area contributed by atoms with Gasteiger partial charge >= 0.3 is 0 Å². The maximum Gasteiger partial charge on any atom is 0.258 e. The zero-order chi connectivity index (χ0) is 20.0. The van der Waals surface area contributed by atoms with Crippen LogP contribution < -0.4 is 20.1 Å². The zero-order valence-corrected chi connectivity index (χ0v) is 17.1. The lowest BCUT2D eigenvalue weighted by Crippen LogP contribution is -2.66. The molecule has 6 nitrogen and oxygen atoms in total. The molecule has 2 bridgehead atoms. The summed E-state index contributed by atoms with van der Waals surface area (Å²) in [6.45, 7) is 0.579. The molecule has 1 aromatic carbocycles. The summed E-state index contributed by atoms with van der Waals surface area (Å²) < 4.78 is 11.7. The Labute approximate surface area is 173 Å². The lowest BCUT2D eigenvalue weighted by atomic mass is 9.60. The van der Waals surface area contributed by atoms with Crippen LogP contribution in [0, 0.1) is 17.8 Å². The summed E-state index contributed by atoms with van der Waals surface area (Å²) in [5.74, 6) is 1.54. The lowest BCUT2D eigenvalue weighted by Gasteiger charge is -2.55. The predicted octanol–water partition coefficient (Wildman–Crippen LogP) is 3.33. The third kappa shape index (κ3) is 3.17. The fraction of sp³-hybridized carbons (Fsp3) is 0.455. The number of benzene rings is 1. The number of thiophene rings is 1. The third-order valence-corrected chi connectivity index (χ3v) is 7.50. The number of nitrogens with one attached hydrogen (secondary N) is 2. The maximum absolute atomic E-state index is 12.8. The molecule has 6 rings (SSSR count). The molecular formula is C22H24N2O4S. The minimum absolute atomic E-state index is 0.0217. The van der Waals surface area contributed by atoms with E-state index in [1.165, 1.54) is 0 Å². The van der Waals surface area contributed by atoms with Crippen LogP contribution in [0.2, 0.25) is 0 Å². The molecule has 152 valence electrons. The molecule has 3 saturated carbocycles. The van der Waals surface area contributed by atoms with E-state index in [9.17, 15) is 9.59 Å². The summed E-state index contributed by atoms with van der Waals surface area (Å²) in [7, 11) is 1.60. The molecule has 2 heterocycles. The minimum Gasteiger partial charge on any atom is -0.497 e. The van der Waals surface area contributed by atoms with Gasteiger partial charge in [-0.25, -0.2) is 0 Å². The molecule has 7 heteroatoms. The number of rotatable bonds is 4. The van der Waals surface area contributed by atoms with E-state index in [1.54, 1.807) is 36.6 Å². The van der Waals surface area contributed by atoms with E-state index in [-0.39, 0.29) is 29.6 Å². The molecule has 2 aromatic rings. The van der Waals surface area contributed by atoms with Crippen LogP contribution in [0.15, 0.2) is 35.7 Å². The van der Waals surface area contributed by atoms with Crippen molar-refractivity contribution < 1.29 is 19.1 Å². The van der Waals surface area contributed by atoms with Gasteiger partial charge in [-0.15, -0.1) is 11.3 Å². The molecular weight excluding hydrogens is 388 g/mol. The first-order chi connectivity index (χ1) is 14.1. The predicted molar refractivity (Wildman–Crippen MR) is 109 cm³/mol. The van der Waals surface area contributed by atoms with Gasteiger partial charge in [0.1, 0.15) is 11.5 Å². The highest BCUT2D eigenvalue weighted by molar-refractivity contribution is 7.09. The summed E-state index contributed by atoms with van der Waals surface area (Å²) >= 11 is 1.65. The van der Waals surface area contributed by atoms with Gasteiger partial charge in [-0.05, 0) is 48.8 Å². The van der Waals surface area contributed by atoms with Crippen molar-refractivity contribution in [1.82, 2.24) is 10.6 Å². The summed E-state index contributed by atoms with van der Waals surface area (Å²) in [5.41, 5.74) is -0.188. The molecule has 4 atom stereocenters. The average Bonchev–Trinajstić information content (AvgIpc) is 3.25. The van der Waals surface area contributed by atoms with Crippen LogP contribution in [0.25, 0.3) is 0 Å². The van der Waals surface area contributed by atoms with E-state index < -0.39 is 5.72 Å². The number of methoxy groups -OCH3 is 1. The SMILES string of the molecule is COc1ccc2c(c1)O[C@@]1(C[C@H]3CC[C@@H]1C[C@@H]3C(=O)NCc1cccs1)NC2=O. The Morgan fingerprint density at radius 2 is 2.28 bits per heavy atom. The molecule has 0 radical (unpaired) electrons. The largest absolute Gasteiger partial charge is 0.497 e. The number of fused-ring (bicyclic) bond motifs is 3. The maximum atomic E-state index is 12.8. The summed E-state index contributed by atoms with van der Waals surface area (Å²) in [5, 5.41) is 8.25. The van der Waals surface area contributed by atoms with E-state index in [0.29, 0.717) is 30.0 Å². The number of carbonyl (C=O) groups is 2. The van der Waals surface area contributed by atoms with Gasteiger partial charge in [0, 0.05) is 29.2 Å². The third-order valence-electron chi connectivity index (χ3n) is 6.62. The lowest BCUT2D eigenvalue weighted by molar-refractivity contribution is -0.146. The van der Waals surface area contributed by atoms with Crippen LogP contribution >= 0.6 is 11.3 Å². The highest BCUT2D eigenvalue weighted by Gasteiger charge is 2.57. The summed E-state index contributed by atoms with van der Waals surface area (Å²) in [4.78, 5) is 26.8. The highest BCUT2D eigenvalue weighted by atomic mass is 32.1. The second kappa shape index (κ2) is 7.06. The first-order valence-electron chi connectivity index (χ1n) is 10.1. The Hall–Kier alpha value is -2.54. The molecule has 1 aromatic heterocycles. The van der Waals surface area contributed by atoms with Crippen molar-refractivity contribution in [3.8, 4) is 11.5 Å². The first kappa shape index (κ1) is 18.5. The molecule has 2 amide bonds. The second-order valence-electron chi connectivity index (χ2n) is 8.19. The van der Waals surface area contributed by atoms with Crippen molar-refractivity contribution in [3.05, 3.63) is 46.2 Å². The Morgan fingerprint density at radius 3 is 3.00 bits per heavy atom.